The van der Waals surface area contributed by atoms with Gasteiger partial charge in [0.05, 0.1) is 19.7 Å². The standard InChI is InChI=1S/C15H16ClN3O2S/c1-21-14(20)5-6-22-9-11-3-2-4-12(7-11)19-15-13(16)8-17-10-18-15/h2-4,7-8,10H,5-6,9H2,1H3,(H,17,18,19). The number of hydrogen-bond acceptors (Lipinski definition) is 6. The topological polar surface area (TPSA) is 64.1 Å². The van der Waals surface area contributed by atoms with E-state index in [0.29, 0.717) is 17.3 Å². The van der Waals surface area contributed by atoms with Crippen LogP contribution in [0.1, 0.15) is 12.0 Å². The second-order valence-corrected chi connectivity index (χ2v) is 5.94. The largest absolute Gasteiger partial charge is 0.469 e. The van der Waals surface area contributed by atoms with E-state index in [0.717, 1.165) is 22.8 Å². The van der Waals surface area contributed by atoms with Gasteiger partial charge in [0.15, 0.2) is 5.82 Å². The van der Waals surface area contributed by atoms with Gasteiger partial charge >= 0.3 is 5.97 Å². The Bertz CT molecular complexity index is 640. The van der Waals surface area contributed by atoms with E-state index in [-0.39, 0.29) is 5.97 Å². The number of hydrogen-bond donors (Lipinski definition) is 1. The molecule has 1 heterocycles. The molecule has 0 radical (unpaired) electrons. The Morgan fingerprint density at radius 3 is 3.09 bits per heavy atom. The van der Waals surface area contributed by atoms with Crippen molar-refractivity contribution in [2.24, 2.45) is 0 Å². The van der Waals surface area contributed by atoms with E-state index in [1.54, 1.807) is 18.0 Å². The van der Waals surface area contributed by atoms with Gasteiger partial charge in [-0.2, -0.15) is 11.8 Å². The normalized spacial score (nSPS) is 10.3. The minimum absolute atomic E-state index is 0.179. The first-order valence-corrected chi connectivity index (χ1v) is 8.18. The number of nitrogens with one attached hydrogen (secondary N) is 1. The fourth-order valence-electron chi connectivity index (χ4n) is 1.73. The number of halogens is 1. The zero-order valence-electron chi connectivity index (χ0n) is 12.1. The molecule has 0 saturated carbocycles. The van der Waals surface area contributed by atoms with Crippen LogP contribution in [-0.2, 0) is 15.3 Å². The Morgan fingerprint density at radius 1 is 1.45 bits per heavy atom. The summed E-state index contributed by atoms with van der Waals surface area (Å²) in [6, 6.07) is 7.98. The van der Waals surface area contributed by atoms with E-state index < -0.39 is 0 Å². The highest BCUT2D eigenvalue weighted by atomic mass is 35.5. The average Bonchev–Trinajstić information content (AvgIpc) is 2.54. The lowest BCUT2D eigenvalue weighted by Crippen LogP contribution is -2.01. The Kier molecular flexibility index (Phi) is 6.48. The first kappa shape index (κ1) is 16.6. The number of rotatable bonds is 7. The molecule has 0 aliphatic carbocycles. The summed E-state index contributed by atoms with van der Waals surface area (Å²) >= 11 is 7.71. The second-order valence-electron chi connectivity index (χ2n) is 4.42. The van der Waals surface area contributed by atoms with Gasteiger partial charge in [0.25, 0.3) is 0 Å². The van der Waals surface area contributed by atoms with Crippen LogP contribution in [0.25, 0.3) is 0 Å². The van der Waals surface area contributed by atoms with Crippen LogP contribution in [-0.4, -0.2) is 28.8 Å². The van der Waals surface area contributed by atoms with Crippen LogP contribution >= 0.6 is 23.4 Å². The van der Waals surface area contributed by atoms with Crippen LogP contribution in [0.2, 0.25) is 5.02 Å². The number of thioether (sulfide) groups is 1. The van der Waals surface area contributed by atoms with Gasteiger partial charge in [-0.1, -0.05) is 23.7 Å². The summed E-state index contributed by atoms with van der Waals surface area (Å²) < 4.78 is 4.61. The third-order valence-electron chi connectivity index (χ3n) is 2.80. The Hall–Kier alpha value is -1.79. The molecule has 0 aliphatic heterocycles. The smallest absolute Gasteiger partial charge is 0.306 e. The number of carbonyl (C=O) groups is 1. The van der Waals surface area contributed by atoms with Gasteiger partial charge in [-0.3, -0.25) is 4.79 Å². The summed E-state index contributed by atoms with van der Waals surface area (Å²) in [5.74, 6) is 1.96. The number of ether oxygens (including phenoxy) is 1. The molecule has 0 saturated heterocycles. The predicted molar refractivity (Wildman–Crippen MR) is 89.6 cm³/mol. The zero-order valence-corrected chi connectivity index (χ0v) is 13.7. The number of methoxy groups -OCH3 is 1. The lowest BCUT2D eigenvalue weighted by molar-refractivity contribution is -0.140. The molecule has 22 heavy (non-hydrogen) atoms. The first-order chi connectivity index (χ1) is 10.7. The van der Waals surface area contributed by atoms with Crippen molar-refractivity contribution in [2.75, 3.05) is 18.2 Å². The van der Waals surface area contributed by atoms with Gasteiger partial charge in [0, 0.05) is 17.2 Å². The third-order valence-corrected chi connectivity index (χ3v) is 4.11. The van der Waals surface area contributed by atoms with Gasteiger partial charge in [-0.15, -0.1) is 0 Å². The fourth-order valence-corrected chi connectivity index (χ4v) is 2.75. The molecule has 0 spiro atoms. The SMILES string of the molecule is COC(=O)CCSCc1cccc(Nc2ncncc2Cl)c1. The molecule has 1 N–H and O–H groups in total. The summed E-state index contributed by atoms with van der Waals surface area (Å²) in [5.41, 5.74) is 2.07. The van der Waals surface area contributed by atoms with E-state index in [9.17, 15) is 4.79 Å². The van der Waals surface area contributed by atoms with Crippen LogP contribution in [0.5, 0.6) is 0 Å². The zero-order chi connectivity index (χ0) is 15.8. The third kappa shape index (κ3) is 5.20. The van der Waals surface area contributed by atoms with E-state index >= 15 is 0 Å². The van der Waals surface area contributed by atoms with Crippen molar-refractivity contribution in [3.63, 3.8) is 0 Å². The maximum absolute atomic E-state index is 11.0. The molecule has 5 nitrogen and oxygen atoms in total. The van der Waals surface area contributed by atoms with Crippen molar-refractivity contribution in [1.29, 1.82) is 0 Å². The maximum Gasteiger partial charge on any atom is 0.306 e. The number of anilines is 2. The van der Waals surface area contributed by atoms with Gasteiger partial charge in [0.1, 0.15) is 11.3 Å². The molecule has 1 aromatic carbocycles. The van der Waals surface area contributed by atoms with Gasteiger partial charge in [-0.25, -0.2) is 9.97 Å². The first-order valence-electron chi connectivity index (χ1n) is 6.65. The highest BCUT2D eigenvalue weighted by molar-refractivity contribution is 7.98. The Balaban J connectivity index is 1.90. The van der Waals surface area contributed by atoms with Crippen LogP contribution in [0.4, 0.5) is 11.5 Å². The molecule has 0 fully saturated rings. The number of carbonyl (C=O) groups excluding carboxylic acids is 1. The van der Waals surface area contributed by atoms with E-state index in [1.807, 2.05) is 24.3 Å². The highest BCUT2D eigenvalue weighted by Crippen LogP contribution is 2.23. The highest BCUT2D eigenvalue weighted by Gasteiger charge is 2.04. The summed E-state index contributed by atoms with van der Waals surface area (Å²) in [6.45, 7) is 0. The number of aromatic nitrogens is 2. The summed E-state index contributed by atoms with van der Waals surface area (Å²) in [4.78, 5) is 19.0. The Morgan fingerprint density at radius 2 is 2.32 bits per heavy atom. The molecule has 1 aromatic heterocycles. The molecule has 2 rings (SSSR count). The van der Waals surface area contributed by atoms with E-state index in [2.05, 4.69) is 20.0 Å². The molecule has 0 bridgehead atoms. The molecule has 0 atom stereocenters. The molecule has 0 unspecified atom stereocenters. The van der Waals surface area contributed by atoms with Crippen molar-refractivity contribution in [2.45, 2.75) is 12.2 Å². The Labute approximate surface area is 138 Å². The molecule has 2 aromatic rings. The number of esters is 1. The van der Waals surface area contributed by atoms with Crippen molar-refractivity contribution >= 4 is 40.8 Å². The van der Waals surface area contributed by atoms with Gasteiger partial charge in [0.2, 0.25) is 0 Å². The summed E-state index contributed by atoms with van der Waals surface area (Å²) in [7, 11) is 1.40. The monoisotopic (exact) mass is 337 g/mol. The van der Waals surface area contributed by atoms with Crippen molar-refractivity contribution in [1.82, 2.24) is 9.97 Å². The summed E-state index contributed by atoms with van der Waals surface area (Å²) in [6.07, 6.45) is 3.42. The summed E-state index contributed by atoms with van der Waals surface area (Å²) in [5, 5.41) is 3.64. The lowest BCUT2D eigenvalue weighted by atomic mass is 10.2. The molecular formula is C15H16ClN3O2S. The van der Waals surface area contributed by atoms with Crippen LogP contribution in [0.3, 0.4) is 0 Å². The molecule has 0 aliphatic rings. The molecule has 116 valence electrons. The molecular weight excluding hydrogens is 322 g/mol. The average molecular weight is 338 g/mol. The van der Waals surface area contributed by atoms with Crippen molar-refractivity contribution < 1.29 is 9.53 Å². The van der Waals surface area contributed by atoms with Crippen LogP contribution in [0.15, 0.2) is 36.8 Å². The number of nitrogens with zero attached hydrogens (tertiary/aromatic N) is 2. The molecule has 7 heteroatoms. The maximum atomic E-state index is 11.0. The number of benzene rings is 1. The van der Waals surface area contributed by atoms with Crippen LogP contribution < -0.4 is 5.32 Å². The van der Waals surface area contributed by atoms with Crippen molar-refractivity contribution in [3.8, 4) is 0 Å². The van der Waals surface area contributed by atoms with E-state index in [4.69, 9.17) is 11.6 Å². The van der Waals surface area contributed by atoms with Gasteiger partial charge < -0.3 is 10.1 Å². The van der Waals surface area contributed by atoms with Crippen LogP contribution in [0, 0.1) is 0 Å². The quantitative estimate of drug-likeness (QED) is 0.614. The van der Waals surface area contributed by atoms with Gasteiger partial charge in [-0.05, 0) is 17.7 Å². The second kappa shape index (κ2) is 8.60. The predicted octanol–water partition coefficient (Wildman–Crippen LogP) is 3.67. The minimum atomic E-state index is -0.179. The lowest BCUT2D eigenvalue weighted by Gasteiger charge is -2.08. The van der Waals surface area contributed by atoms with E-state index in [1.165, 1.54) is 13.4 Å². The minimum Gasteiger partial charge on any atom is -0.469 e. The van der Waals surface area contributed by atoms with Crippen molar-refractivity contribution in [3.05, 3.63) is 47.4 Å². The molecule has 0 amide bonds. The fraction of sp³-hybridized carbons (Fsp3) is 0.267.